The summed E-state index contributed by atoms with van der Waals surface area (Å²) in [7, 11) is -3.43. The van der Waals surface area contributed by atoms with Crippen LogP contribution in [0, 0.1) is 19.9 Å². The molecule has 0 atom stereocenters. The van der Waals surface area contributed by atoms with Gasteiger partial charge in [-0.05, 0) is 43.2 Å². The van der Waals surface area contributed by atoms with Crippen molar-refractivity contribution in [2.24, 2.45) is 0 Å². The van der Waals surface area contributed by atoms with Gasteiger partial charge in [-0.2, -0.15) is 0 Å². The molecule has 0 N–H and O–H groups in total. The van der Waals surface area contributed by atoms with E-state index in [1.807, 2.05) is 6.07 Å². The zero-order chi connectivity index (χ0) is 12.5. The molecule has 0 bridgehead atoms. The van der Waals surface area contributed by atoms with E-state index in [4.69, 9.17) is 0 Å². The van der Waals surface area contributed by atoms with Crippen LogP contribution in [0.25, 0.3) is 0 Å². The summed E-state index contributed by atoms with van der Waals surface area (Å²) in [6.07, 6.45) is 0. The average molecular weight is 245 g/mol. The number of benzene rings is 2. The number of hydrogen-bond donors (Lipinski definition) is 0. The normalized spacial score (nSPS) is 11.4. The van der Waals surface area contributed by atoms with Crippen LogP contribution < -0.4 is 0 Å². The number of rotatable bonds is 2. The van der Waals surface area contributed by atoms with Crippen LogP contribution in [0.15, 0.2) is 52.3 Å². The molecule has 87 valence electrons. The van der Waals surface area contributed by atoms with Crippen molar-refractivity contribution in [3.63, 3.8) is 0 Å². The maximum absolute atomic E-state index is 12.5. The molecule has 0 aliphatic rings. The van der Waals surface area contributed by atoms with Gasteiger partial charge in [0.05, 0.1) is 9.79 Å². The van der Waals surface area contributed by atoms with Crippen LogP contribution in [0.4, 0.5) is 0 Å². The fraction of sp³-hybridized carbons (Fsp3) is 0.143. The molecule has 0 aromatic heterocycles. The monoisotopic (exact) mass is 245 g/mol. The molecule has 0 heterocycles. The molecule has 0 saturated heterocycles. The molecule has 0 saturated carbocycles. The summed E-state index contributed by atoms with van der Waals surface area (Å²) in [6.45, 7) is 3.56. The Labute approximate surface area is 102 Å². The molecule has 0 aliphatic heterocycles. The van der Waals surface area contributed by atoms with Crippen molar-refractivity contribution >= 4 is 9.84 Å². The number of sulfone groups is 1. The van der Waals surface area contributed by atoms with Crippen molar-refractivity contribution in [2.45, 2.75) is 23.6 Å². The lowest BCUT2D eigenvalue weighted by Gasteiger charge is -2.09. The van der Waals surface area contributed by atoms with E-state index in [0.29, 0.717) is 15.4 Å². The Morgan fingerprint density at radius 2 is 1.59 bits per heavy atom. The maximum Gasteiger partial charge on any atom is 0.207 e. The van der Waals surface area contributed by atoms with Crippen LogP contribution in [0.1, 0.15) is 11.1 Å². The third-order valence-corrected chi connectivity index (χ3v) is 4.74. The largest absolute Gasteiger partial charge is 0.218 e. The first-order valence-electron chi connectivity index (χ1n) is 5.31. The van der Waals surface area contributed by atoms with Crippen molar-refractivity contribution in [3.05, 3.63) is 59.7 Å². The fourth-order valence-electron chi connectivity index (χ4n) is 1.77. The summed E-state index contributed by atoms with van der Waals surface area (Å²) in [5.41, 5.74) is 1.41. The van der Waals surface area contributed by atoms with E-state index in [1.54, 1.807) is 50.2 Å². The molecule has 2 aromatic carbocycles. The minimum absolute atomic E-state index is 0.328. The fourth-order valence-corrected chi connectivity index (χ4v) is 3.48. The van der Waals surface area contributed by atoms with Crippen LogP contribution in [0.2, 0.25) is 0 Å². The Bertz CT molecular complexity index is 591. The molecule has 0 unspecified atom stereocenters. The van der Waals surface area contributed by atoms with Gasteiger partial charge in [-0.3, -0.25) is 0 Å². The van der Waals surface area contributed by atoms with Crippen molar-refractivity contribution in [3.8, 4) is 0 Å². The first-order chi connectivity index (χ1) is 8.03. The highest BCUT2D eigenvalue weighted by Gasteiger charge is 2.20. The van der Waals surface area contributed by atoms with Gasteiger partial charge in [0.15, 0.2) is 0 Å². The predicted molar refractivity (Wildman–Crippen MR) is 66.6 cm³/mol. The van der Waals surface area contributed by atoms with Crippen molar-refractivity contribution in [1.82, 2.24) is 0 Å². The Balaban J connectivity index is 2.67. The predicted octanol–water partition coefficient (Wildman–Crippen LogP) is 2.94. The Morgan fingerprint density at radius 1 is 0.941 bits per heavy atom. The number of aryl methyl sites for hydroxylation is 2. The molecule has 2 aromatic rings. The van der Waals surface area contributed by atoms with E-state index >= 15 is 0 Å². The van der Waals surface area contributed by atoms with E-state index in [9.17, 15) is 8.42 Å². The highest BCUT2D eigenvalue weighted by Crippen LogP contribution is 2.25. The summed E-state index contributed by atoms with van der Waals surface area (Å²) < 4.78 is 24.9. The van der Waals surface area contributed by atoms with Gasteiger partial charge in [-0.1, -0.05) is 30.3 Å². The van der Waals surface area contributed by atoms with Gasteiger partial charge >= 0.3 is 0 Å². The Kier molecular flexibility index (Phi) is 3.03. The first-order valence-corrected chi connectivity index (χ1v) is 6.80. The molecular weight excluding hydrogens is 232 g/mol. The molecule has 0 aliphatic carbocycles. The summed E-state index contributed by atoms with van der Waals surface area (Å²) >= 11 is 0. The highest BCUT2D eigenvalue weighted by atomic mass is 32.2. The molecule has 3 heteroatoms. The van der Waals surface area contributed by atoms with Gasteiger partial charge in [-0.15, -0.1) is 0 Å². The van der Waals surface area contributed by atoms with E-state index in [0.717, 1.165) is 5.56 Å². The minimum atomic E-state index is -3.43. The van der Waals surface area contributed by atoms with Gasteiger partial charge in [0.25, 0.3) is 0 Å². The van der Waals surface area contributed by atoms with Gasteiger partial charge < -0.3 is 0 Å². The lowest BCUT2D eigenvalue weighted by atomic mass is 10.2. The molecule has 2 rings (SSSR count). The molecule has 1 radical (unpaired) electrons. The SMILES string of the molecule is Cc1[c]cccc1S(=O)(=O)c1ccccc1C. The smallest absolute Gasteiger partial charge is 0.207 e. The average Bonchev–Trinajstić information content (AvgIpc) is 2.29. The summed E-state index contributed by atoms with van der Waals surface area (Å²) in [4.78, 5) is 0.692. The second-order valence-electron chi connectivity index (χ2n) is 3.93. The highest BCUT2D eigenvalue weighted by molar-refractivity contribution is 7.91. The van der Waals surface area contributed by atoms with E-state index in [2.05, 4.69) is 6.07 Å². The van der Waals surface area contributed by atoms with Gasteiger partial charge in [0.1, 0.15) is 0 Å². The second-order valence-corrected chi connectivity index (χ2v) is 5.81. The van der Waals surface area contributed by atoms with Crippen LogP contribution in [-0.4, -0.2) is 8.42 Å². The molecule has 0 fully saturated rings. The quantitative estimate of drug-likeness (QED) is 0.815. The van der Waals surface area contributed by atoms with Gasteiger partial charge in [0.2, 0.25) is 9.84 Å². The van der Waals surface area contributed by atoms with Crippen molar-refractivity contribution in [2.75, 3.05) is 0 Å². The van der Waals surface area contributed by atoms with Crippen LogP contribution in [-0.2, 0) is 9.84 Å². The van der Waals surface area contributed by atoms with Gasteiger partial charge in [-0.25, -0.2) is 8.42 Å². The van der Waals surface area contributed by atoms with Gasteiger partial charge in [0, 0.05) is 0 Å². The third-order valence-electron chi connectivity index (χ3n) is 2.69. The van der Waals surface area contributed by atoms with Crippen LogP contribution in [0.5, 0.6) is 0 Å². The Hall–Kier alpha value is -1.61. The minimum Gasteiger partial charge on any atom is -0.218 e. The van der Waals surface area contributed by atoms with E-state index < -0.39 is 9.84 Å². The summed E-state index contributed by atoms with van der Waals surface area (Å²) in [6, 6.07) is 14.9. The third kappa shape index (κ3) is 2.11. The first kappa shape index (κ1) is 11.9. The molecule has 0 amide bonds. The standard InChI is InChI=1S/C14H13O2S/c1-11-7-3-5-9-13(11)17(15,16)14-10-6-4-8-12(14)2/h3-7,9-10H,1-2H3. The second kappa shape index (κ2) is 4.34. The maximum atomic E-state index is 12.5. The van der Waals surface area contributed by atoms with Crippen molar-refractivity contribution in [1.29, 1.82) is 0 Å². The lowest BCUT2D eigenvalue weighted by molar-refractivity contribution is 0.595. The zero-order valence-corrected chi connectivity index (χ0v) is 10.6. The van der Waals surface area contributed by atoms with Crippen molar-refractivity contribution < 1.29 is 8.42 Å². The van der Waals surface area contributed by atoms with E-state index in [1.165, 1.54) is 0 Å². The molecule has 17 heavy (non-hydrogen) atoms. The van der Waals surface area contributed by atoms with Crippen LogP contribution >= 0.6 is 0 Å². The lowest BCUT2D eigenvalue weighted by Crippen LogP contribution is -2.05. The summed E-state index contributed by atoms with van der Waals surface area (Å²) in [5.74, 6) is 0. The molecular formula is C14H13O2S. The topological polar surface area (TPSA) is 34.1 Å². The summed E-state index contributed by atoms with van der Waals surface area (Å²) in [5, 5.41) is 0. The van der Waals surface area contributed by atoms with Crippen LogP contribution in [0.3, 0.4) is 0 Å². The zero-order valence-electron chi connectivity index (χ0n) is 9.77. The van der Waals surface area contributed by atoms with E-state index in [-0.39, 0.29) is 0 Å². The number of hydrogen-bond acceptors (Lipinski definition) is 2. The molecule has 2 nitrogen and oxygen atoms in total. The molecule has 0 spiro atoms. The Morgan fingerprint density at radius 3 is 2.24 bits per heavy atom.